The van der Waals surface area contributed by atoms with Crippen LogP contribution in [0.3, 0.4) is 0 Å². The molecular weight excluding hydrogens is 478 g/mol. The van der Waals surface area contributed by atoms with Crippen molar-refractivity contribution in [3.05, 3.63) is 46.2 Å². The first-order valence-corrected chi connectivity index (χ1v) is 10.7. The highest BCUT2D eigenvalue weighted by Gasteiger charge is 2.66. The number of aliphatic hydroxyl groups is 4. The van der Waals surface area contributed by atoms with Crippen molar-refractivity contribution in [1.82, 2.24) is 4.90 Å². The molecule has 5 atom stereocenters. The van der Waals surface area contributed by atoms with Crippen molar-refractivity contribution in [2.45, 2.75) is 30.6 Å². The molecule has 2 amide bonds. The topological polar surface area (TPSA) is 245 Å². The third kappa shape index (κ3) is 3.59. The van der Waals surface area contributed by atoms with Crippen molar-refractivity contribution in [3.63, 3.8) is 0 Å². The largest absolute Gasteiger partial charge is 0.508 e. The molecule has 10 N–H and O–H groups in total. The lowest BCUT2D eigenvalue weighted by molar-refractivity contribution is -0.159. The maximum atomic E-state index is 13.7. The molecule has 0 radical (unpaired) electrons. The van der Waals surface area contributed by atoms with E-state index in [-0.39, 0.29) is 17.5 Å². The van der Waals surface area contributed by atoms with E-state index < -0.39 is 81.1 Å². The first-order valence-electron chi connectivity index (χ1n) is 10.7. The molecule has 36 heavy (non-hydrogen) atoms. The van der Waals surface area contributed by atoms with Crippen molar-refractivity contribution >= 4 is 29.3 Å². The van der Waals surface area contributed by atoms with Crippen LogP contribution in [0.5, 0.6) is 5.75 Å². The van der Waals surface area contributed by atoms with Gasteiger partial charge in [0.25, 0.3) is 5.91 Å². The quantitative estimate of drug-likeness (QED) is 0.232. The van der Waals surface area contributed by atoms with Crippen molar-refractivity contribution in [2.75, 3.05) is 14.1 Å². The second-order valence-corrected chi connectivity index (χ2v) is 9.30. The first-order chi connectivity index (χ1) is 16.5. The molecule has 1 aromatic rings. The molecule has 194 valence electrons. The van der Waals surface area contributed by atoms with Gasteiger partial charge in [0.2, 0.25) is 5.78 Å². The number of hydrogen-bond acceptors (Lipinski definition) is 10. The summed E-state index contributed by atoms with van der Waals surface area (Å²) in [4.78, 5) is 48.8. The van der Waals surface area contributed by atoms with Gasteiger partial charge in [-0.3, -0.25) is 19.3 Å². The number of hydrogen-bond donors (Lipinski definition) is 8. The Balaban J connectivity index is 0.000000840. The van der Waals surface area contributed by atoms with E-state index >= 15 is 0 Å². The molecule has 3 aliphatic carbocycles. The minimum absolute atomic E-state index is 0.170. The Labute approximate surface area is 204 Å². The maximum Gasteiger partial charge on any atom is 0.402 e. The lowest BCUT2D eigenvalue weighted by atomic mass is 9.54. The van der Waals surface area contributed by atoms with Crippen LogP contribution in [-0.4, -0.2) is 84.8 Å². The number of amides is 2. The number of carbonyl (C=O) groups excluding carboxylic acids is 3. The predicted molar refractivity (Wildman–Crippen MR) is 122 cm³/mol. The molecule has 0 saturated heterocycles. The van der Waals surface area contributed by atoms with Crippen LogP contribution < -0.4 is 11.5 Å². The van der Waals surface area contributed by atoms with Crippen molar-refractivity contribution in [3.8, 4) is 5.75 Å². The number of aliphatic hydroxyl groups excluding tert-OH is 2. The van der Waals surface area contributed by atoms with E-state index in [0.717, 1.165) is 0 Å². The number of aromatic hydroxyl groups is 1. The lowest BCUT2D eigenvalue weighted by Gasteiger charge is -2.53. The normalized spacial score (nSPS) is 31.2. The van der Waals surface area contributed by atoms with Gasteiger partial charge in [0.1, 0.15) is 22.8 Å². The van der Waals surface area contributed by atoms with Gasteiger partial charge in [-0.2, -0.15) is 0 Å². The SMILES string of the molecule is CN(C)[C@@H]1C(=O)C(C(N)=O)=C(O)[C@@]2(O)C(=O)C3=C(O)c4c(O)cccc4[C@@](C)(O)[C@H]3C[C@@H]12.NC(=O)O. The summed E-state index contributed by atoms with van der Waals surface area (Å²) in [5.74, 6) is -7.90. The van der Waals surface area contributed by atoms with Crippen molar-refractivity contribution in [1.29, 1.82) is 0 Å². The highest BCUT2D eigenvalue weighted by atomic mass is 16.4. The number of carboxylic acid groups (broad SMARTS) is 1. The van der Waals surface area contributed by atoms with Gasteiger partial charge in [-0.1, -0.05) is 12.1 Å². The number of rotatable bonds is 2. The number of benzene rings is 1. The van der Waals surface area contributed by atoms with Gasteiger partial charge in [-0.25, -0.2) is 4.79 Å². The van der Waals surface area contributed by atoms with Crippen molar-refractivity contribution in [2.24, 2.45) is 23.3 Å². The van der Waals surface area contributed by atoms with E-state index in [4.69, 9.17) is 15.6 Å². The number of nitrogens with two attached hydrogens (primary N) is 2. The van der Waals surface area contributed by atoms with Crippen LogP contribution in [0.15, 0.2) is 35.1 Å². The van der Waals surface area contributed by atoms with E-state index in [2.05, 4.69) is 5.73 Å². The monoisotopic (exact) mass is 505 g/mol. The molecule has 13 nitrogen and oxygen atoms in total. The third-order valence-corrected chi connectivity index (χ3v) is 7.02. The zero-order valence-electron chi connectivity index (χ0n) is 19.6. The Morgan fingerprint density at radius 3 is 2.14 bits per heavy atom. The molecule has 1 fully saturated rings. The Hall–Kier alpha value is -3.94. The average Bonchev–Trinajstić information content (AvgIpc) is 2.73. The van der Waals surface area contributed by atoms with Crippen molar-refractivity contribution < 1.29 is 49.8 Å². The fraction of sp³-hybridized carbons (Fsp3) is 0.391. The number of fused-ring (bicyclic) bond motifs is 3. The molecule has 1 aromatic carbocycles. The standard InChI is InChI=1S/C22H24N2O8.CH3NO2/c1-21(31)8-5-4-6-11(25)12(8)16(26)13-9(21)7-10-15(24(2)3)17(27)14(20(23)30)19(29)22(10,32)18(13)28;2-1(3)4/h4-6,9-10,15,25-26,29,31-32H,7H2,1-3H3,(H2,23,30);2H2,(H,3,4)/t9-,10-,15-,21+,22-;/m0./s1. The van der Waals surface area contributed by atoms with Crippen LogP contribution in [0, 0.1) is 11.8 Å². The molecular formula is C23H27N3O10. The Bertz CT molecular complexity index is 1240. The van der Waals surface area contributed by atoms with Gasteiger partial charge in [-0.15, -0.1) is 0 Å². The van der Waals surface area contributed by atoms with Gasteiger partial charge in [0.15, 0.2) is 11.4 Å². The molecule has 0 aromatic heterocycles. The Kier molecular flexibility index (Phi) is 6.38. The molecule has 0 heterocycles. The minimum atomic E-state index is -2.75. The van der Waals surface area contributed by atoms with E-state index in [1.54, 1.807) is 0 Å². The van der Waals surface area contributed by atoms with Crippen LogP contribution in [0.4, 0.5) is 4.79 Å². The summed E-state index contributed by atoms with van der Waals surface area (Å²) in [6.45, 7) is 1.40. The number of ketones is 2. The lowest BCUT2D eigenvalue weighted by Crippen LogP contribution is -2.67. The Morgan fingerprint density at radius 2 is 1.64 bits per heavy atom. The van der Waals surface area contributed by atoms with Crippen LogP contribution in [0.25, 0.3) is 5.76 Å². The minimum Gasteiger partial charge on any atom is -0.508 e. The van der Waals surface area contributed by atoms with Crippen LogP contribution >= 0.6 is 0 Å². The molecule has 4 rings (SSSR count). The summed E-state index contributed by atoms with van der Waals surface area (Å²) >= 11 is 0. The average molecular weight is 505 g/mol. The second-order valence-electron chi connectivity index (χ2n) is 9.30. The number of carbonyl (C=O) groups is 4. The van der Waals surface area contributed by atoms with Crippen LogP contribution in [-0.2, 0) is 20.0 Å². The molecule has 3 aliphatic rings. The number of phenolic OH excluding ortho intramolecular Hbond substituents is 1. The first kappa shape index (κ1) is 26.7. The Morgan fingerprint density at radius 1 is 1.08 bits per heavy atom. The van der Waals surface area contributed by atoms with Crippen LogP contribution in [0.1, 0.15) is 24.5 Å². The summed E-state index contributed by atoms with van der Waals surface area (Å²) in [5.41, 5.74) is 3.48. The number of phenols is 1. The highest BCUT2D eigenvalue weighted by molar-refractivity contribution is 6.24. The highest BCUT2D eigenvalue weighted by Crippen LogP contribution is 2.57. The summed E-state index contributed by atoms with van der Waals surface area (Å²) in [7, 11) is 3.01. The molecule has 0 unspecified atom stereocenters. The smallest absolute Gasteiger partial charge is 0.402 e. The van der Waals surface area contributed by atoms with Gasteiger partial charge < -0.3 is 42.1 Å². The zero-order chi connectivity index (χ0) is 27.5. The molecule has 1 saturated carbocycles. The summed E-state index contributed by atoms with van der Waals surface area (Å²) < 4.78 is 0. The fourth-order valence-corrected chi connectivity index (χ4v) is 5.50. The van der Waals surface area contributed by atoms with Gasteiger partial charge in [-0.05, 0) is 39.1 Å². The number of primary amides is 2. The number of nitrogens with zero attached hydrogens (tertiary/aromatic N) is 1. The summed E-state index contributed by atoms with van der Waals surface area (Å²) in [6.07, 6.45) is -1.53. The van der Waals surface area contributed by atoms with E-state index in [9.17, 15) is 39.9 Å². The van der Waals surface area contributed by atoms with Gasteiger partial charge >= 0.3 is 6.09 Å². The van der Waals surface area contributed by atoms with E-state index in [1.165, 1.54) is 44.1 Å². The molecule has 0 bridgehead atoms. The fourth-order valence-electron chi connectivity index (χ4n) is 5.50. The molecule has 13 heteroatoms. The number of likely N-dealkylation sites (N-methyl/N-ethyl adjacent to an activating group) is 1. The van der Waals surface area contributed by atoms with Crippen LogP contribution in [0.2, 0.25) is 0 Å². The molecule has 0 aliphatic heterocycles. The van der Waals surface area contributed by atoms with E-state index in [1.807, 2.05) is 0 Å². The zero-order valence-corrected chi connectivity index (χ0v) is 19.6. The predicted octanol–water partition coefficient (Wildman–Crippen LogP) is -0.748. The molecule has 0 spiro atoms. The second kappa shape index (κ2) is 8.62. The van der Waals surface area contributed by atoms with E-state index in [0.29, 0.717) is 0 Å². The van der Waals surface area contributed by atoms with Gasteiger partial charge in [0, 0.05) is 17.4 Å². The maximum absolute atomic E-state index is 13.7. The summed E-state index contributed by atoms with van der Waals surface area (Å²) in [5, 5.41) is 62.1. The van der Waals surface area contributed by atoms with Gasteiger partial charge in [0.05, 0.1) is 17.2 Å². The third-order valence-electron chi connectivity index (χ3n) is 7.02. The summed E-state index contributed by atoms with van der Waals surface area (Å²) in [6, 6.07) is 3.02. The number of Topliss-reactive ketones (excluding diaryl/α,β-unsaturated/α-hetero) is 2.